The number of nitrogens with zero attached hydrogens (tertiary/aromatic N) is 1. The zero-order chi connectivity index (χ0) is 24.7. The quantitative estimate of drug-likeness (QED) is 0.286. The molecule has 34 heavy (non-hydrogen) atoms. The molecule has 3 N–H and O–H groups in total. The summed E-state index contributed by atoms with van der Waals surface area (Å²) in [6.45, 7) is 6.75. The van der Waals surface area contributed by atoms with E-state index in [9.17, 15) is 5.11 Å². The van der Waals surface area contributed by atoms with Crippen molar-refractivity contribution in [2.45, 2.75) is 52.4 Å². The van der Waals surface area contributed by atoms with Crippen LogP contribution in [0.25, 0.3) is 0 Å². The maximum absolute atomic E-state index is 9.46. The number of nitrogens with one attached hydrogen (secondary N) is 2. The molecule has 0 saturated carbocycles. The van der Waals surface area contributed by atoms with Crippen LogP contribution >= 0.6 is 23.2 Å². The van der Waals surface area contributed by atoms with Crippen LogP contribution in [0.15, 0.2) is 30.6 Å². The second-order valence-corrected chi connectivity index (χ2v) is 10.1. The van der Waals surface area contributed by atoms with Gasteiger partial charge in [-0.1, -0.05) is 37.0 Å². The molecule has 2 aromatic rings. The van der Waals surface area contributed by atoms with E-state index in [0.717, 1.165) is 31.6 Å². The molecule has 0 amide bonds. The Balaban J connectivity index is 1.80. The molecule has 0 aliphatic carbocycles. The minimum absolute atomic E-state index is 0.00744. The molecule has 0 bridgehead atoms. The number of aliphatic hydroxyl groups is 1. The Morgan fingerprint density at radius 2 is 2.06 bits per heavy atom. The number of hydrogen-bond donors (Lipinski definition) is 3. The van der Waals surface area contributed by atoms with Crippen LogP contribution in [0.4, 0.5) is 5.69 Å². The molecular weight excluding hydrogens is 476 g/mol. The van der Waals surface area contributed by atoms with Crippen LogP contribution < -0.4 is 10.1 Å². The summed E-state index contributed by atoms with van der Waals surface area (Å²) in [4.78, 5) is 3.99. The number of benzene rings is 1. The maximum atomic E-state index is 9.46. The molecule has 2 heterocycles. The van der Waals surface area contributed by atoms with Gasteiger partial charge in [-0.2, -0.15) is 0 Å². The number of aliphatic hydroxyl groups excluding tert-OH is 1. The van der Waals surface area contributed by atoms with Crippen molar-refractivity contribution >= 4 is 42.0 Å². The van der Waals surface area contributed by atoms with Crippen molar-refractivity contribution in [2.75, 3.05) is 25.1 Å². The number of halogens is 2. The van der Waals surface area contributed by atoms with E-state index in [1.54, 1.807) is 0 Å². The van der Waals surface area contributed by atoms with E-state index >= 15 is 0 Å². The maximum Gasteiger partial charge on any atom is 0.328 e. The van der Waals surface area contributed by atoms with Gasteiger partial charge in [0.05, 0.1) is 16.7 Å². The summed E-state index contributed by atoms with van der Waals surface area (Å²) in [6.07, 6.45) is 5.60. The SMILES string of the molecule is C[C@@H](Oc1ccc(NC2CCCCO2)c(C(=N)BOCC(C)(C)CO)c1)c1c(Cl)cncc1Cl. The molecule has 10 heteroatoms. The summed E-state index contributed by atoms with van der Waals surface area (Å²) in [6, 6.07) is 5.54. The first kappa shape index (κ1) is 26.8. The Bertz CT molecular complexity index is 966. The topological polar surface area (TPSA) is 96.7 Å². The molecule has 1 aliphatic rings. The van der Waals surface area contributed by atoms with Gasteiger partial charge in [0.2, 0.25) is 0 Å². The van der Waals surface area contributed by atoms with E-state index in [4.69, 9.17) is 42.7 Å². The van der Waals surface area contributed by atoms with Gasteiger partial charge in [0.15, 0.2) is 0 Å². The molecule has 1 fully saturated rings. The van der Waals surface area contributed by atoms with Crippen LogP contribution in [0.3, 0.4) is 0 Å². The van der Waals surface area contributed by atoms with Gasteiger partial charge in [-0.3, -0.25) is 4.98 Å². The highest BCUT2D eigenvalue weighted by Gasteiger charge is 2.22. The average molecular weight is 508 g/mol. The zero-order valence-electron chi connectivity index (χ0n) is 19.9. The molecule has 1 aromatic heterocycles. The molecule has 2 atom stereocenters. The summed E-state index contributed by atoms with van der Waals surface area (Å²) in [7, 11) is 0.102. The Morgan fingerprint density at radius 3 is 2.71 bits per heavy atom. The average Bonchev–Trinajstić information content (AvgIpc) is 2.80. The minimum Gasteiger partial charge on any atom is -0.486 e. The predicted octanol–water partition coefficient (Wildman–Crippen LogP) is 5.18. The summed E-state index contributed by atoms with van der Waals surface area (Å²) in [5, 5.41) is 22.4. The number of pyridine rings is 1. The first-order valence-electron chi connectivity index (χ1n) is 11.4. The highest BCUT2D eigenvalue weighted by atomic mass is 35.5. The monoisotopic (exact) mass is 507 g/mol. The van der Waals surface area contributed by atoms with Crippen molar-refractivity contribution in [3.05, 3.63) is 51.8 Å². The van der Waals surface area contributed by atoms with Gasteiger partial charge in [0, 0.05) is 53.4 Å². The molecule has 184 valence electrons. The Hall–Kier alpha value is -1.84. The van der Waals surface area contributed by atoms with E-state index in [1.165, 1.54) is 12.4 Å². The lowest BCUT2D eigenvalue weighted by Gasteiger charge is -2.26. The molecule has 3 rings (SSSR count). The van der Waals surface area contributed by atoms with Crippen molar-refractivity contribution in [3.63, 3.8) is 0 Å². The number of ether oxygens (including phenoxy) is 2. The van der Waals surface area contributed by atoms with Crippen molar-refractivity contribution in [2.24, 2.45) is 5.41 Å². The predicted molar refractivity (Wildman–Crippen MR) is 138 cm³/mol. The normalized spacial score (nSPS) is 17.2. The Labute approximate surface area is 211 Å². The summed E-state index contributed by atoms with van der Waals surface area (Å²) < 4.78 is 17.7. The van der Waals surface area contributed by atoms with Gasteiger partial charge in [-0.15, -0.1) is 0 Å². The highest BCUT2D eigenvalue weighted by molar-refractivity contribution is 6.74. The van der Waals surface area contributed by atoms with Gasteiger partial charge in [-0.05, 0) is 44.4 Å². The number of aromatic nitrogens is 1. The number of rotatable bonds is 11. The highest BCUT2D eigenvalue weighted by Crippen LogP contribution is 2.34. The summed E-state index contributed by atoms with van der Waals surface area (Å²) in [5.74, 6) is 0.571. The van der Waals surface area contributed by atoms with Crippen LogP contribution in [0, 0.1) is 10.8 Å². The van der Waals surface area contributed by atoms with Gasteiger partial charge in [0.1, 0.15) is 18.1 Å². The number of anilines is 1. The van der Waals surface area contributed by atoms with Crippen molar-refractivity contribution < 1.29 is 19.2 Å². The van der Waals surface area contributed by atoms with Crippen LogP contribution in [0.5, 0.6) is 5.75 Å². The fraction of sp³-hybridized carbons (Fsp3) is 0.500. The Kier molecular flexibility index (Phi) is 9.62. The van der Waals surface area contributed by atoms with E-state index < -0.39 is 6.10 Å². The van der Waals surface area contributed by atoms with Crippen LogP contribution in [0.1, 0.15) is 57.3 Å². The smallest absolute Gasteiger partial charge is 0.328 e. The second-order valence-electron chi connectivity index (χ2n) is 9.28. The van der Waals surface area contributed by atoms with Gasteiger partial charge in [-0.25, -0.2) is 0 Å². The van der Waals surface area contributed by atoms with E-state index in [2.05, 4.69) is 10.3 Å². The first-order chi connectivity index (χ1) is 16.2. The molecule has 0 radical (unpaired) electrons. The third-order valence-corrected chi connectivity index (χ3v) is 6.19. The third kappa shape index (κ3) is 7.33. The Morgan fingerprint density at radius 1 is 1.32 bits per heavy atom. The second kappa shape index (κ2) is 12.2. The molecule has 0 spiro atoms. The molecular formula is C24H32BCl2N3O4. The standard InChI is InChI=1S/C24H32BCl2N3O4/c1-15(22-18(26)11-29-12-19(22)27)34-16-7-8-20(30-21-6-4-5-9-32-21)17(10-16)23(28)25-33-14-24(2,3)13-31/h7-8,10-12,15,21,25,28,30-31H,4-6,9,13-14H2,1-3H3/t15-,21?/m1/s1. The molecule has 1 unspecified atom stereocenters. The number of hydrogen-bond acceptors (Lipinski definition) is 7. The van der Waals surface area contributed by atoms with Crippen molar-refractivity contribution in [3.8, 4) is 5.75 Å². The molecule has 1 aliphatic heterocycles. The van der Waals surface area contributed by atoms with Gasteiger partial charge >= 0.3 is 7.48 Å². The van der Waals surface area contributed by atoms with E-state index in [1.807, 2.05) is 39.0 Å². The fourth-order valence-corrected chi connectivity index (χ4v) is 4.30. The van der Waals surface area contributed by atoms with Crippen LogP contribution in [-0.2, 0) is 9.39 Å². The molecule has 1 aromatic carbocycles. The van der Waals surface area contributed by atoms with Crippen molar-refractivity contribution in [1.29, 1.82) is 5.41 Å². The third-order valence-electron chi connectivity index (χ3n) is 5.59. The van der Waals surface area contributed by atoms with Gasteiger partial charge < -0.3 is 30.0 Å². The largest absolute Gasteiger partial charge is 0.486 e. The minimum atomic E-state index is -0.424. The molecule has 1 saturated heterocycles. The summed E-state index contributed by atoms with van der Waals surface area (Å²) in [5.41, 5.74) is 2.02. The lowest BCUT2D eigenvalue weighted by atomic mass is 9.84. The van der Waals surface area contributed by atoms with Crippen LogP contribution in [0.2, 0.25) is 10.0 Å². The van der Waals surface area contributed by atoms with Crippen LogP contribution in [-0.4, -0.2) is 49.2 Å². The first-order valence-corrected chi connectivity index (χ1v) is 12.2. The summed E-state index contributed by atoms with van der Waals surface area (Å²) >= 11 is 12.6. The van der Waals surface area contributed by atoms with Gasteiger partial charge in [0.25, 0.3) is 0 Å². The fourth-order valence-electron chi connectivity index (χ4n) is 3.63. The lowest BCUT2D eigenvalue weighted by Crippen LogP contribution is -2.29. The lowest BCUT2D eigenvalue weighted by molar-refractivity contribution is 0.0343. The molecule has 7 nitrogen and oxygen atoms in total. The van der Waals surface area contributed by atoms with E-state index in [0.29, 0.717) is 39.1 Å². The van der Waals surface area contributed by atoms with Crippen molar-refractivity contribution in [1.82, 2.24) is 4.98 Å². The van der Waals surface area contributed by atoms with E-state index in [-0.39, 0.29) is 25.7 Å². The zero-order valence-corrected chi connectivity index (χ0v) is 21.4.